The fourth-order valence-corrected chi connectivity index (χ4v) is 2.45. The van der Waals surface area contributed by atoms with Crippen LogP contribution in [0.5, 0.6) is 0 Å². The Morgan fingerprint density at radius 1 is 1.15 bits per heavy atom. The summed E-state index contributed by atoms with van der Waals surface area (Å²) in [5.74, 6) is -0.449. The molecule has 0 aliphatic heterocycles. The molecule has 1 aromatic carbocycles. The first kappa shape index (κ1) is 22.1. The molecule has 5 nitrogen and oxygen atoms in total. The van der Waals surface area contributed by atoms with Crippen LogP contribution in [-0.4, -0.2) is 29.1 Å². The summed E-state index contributed by atoms with van der Waals surface area (Å²) in [6, 6.07) is 8.72. The molecule has 1 N–H and O–H groups in total. The Morgan fingerprint density at radius 2 is 1.85 bits per heavy atom. The number of amides is 1. The van der Waals surface area contributed by atoms with E-state index in [2.05, 4.69) is 5.32 Å². The second-order valence-corrected chi connectivity index (χ2v) is 7.43. The summed E-state index contributed by atoms with van der Waals surface area (Å²) in [4.78, 5) is 24.4. The lowest BCUT2D eigenvalue weighted by Gasteiger charge is -2.23. The summed E-state index contributed by atoms with van der Waals surface area (Å²) < 4.78 is 10.6. The van der Waals surface area contributed by atoms with Gasteiger partial charge in [0, 0.05) is 0 Å². The van der Waals surface area contributed by atoms with E-state index in [4.69, 9.17) is 21.7 Å². The first-order valence-electron chi connectivity index (χ1n) is 8.95. The Bertz CT molecular complexity index is 569. The number of hydrogen-bond donors (Lipinski definition) is 1. The average Bonchev–Trinajstić information content (AvgIpc) is 2.57. The Balaban J connectivity index is 2.57. The van der Waals surface area contributed by atoms with Crippen LogP contribution >= 0.6 is 12.2 Å². The highest BCUT2D eigenvalue weighted by Crippen LogP contribution is 2.11. The largest absolute Gasteiger partial charge is 0.459 e. The third kappa shape index (κ3) is 10.1. The summed E-state index contributed by atoms with van der Waals surface area (Å²) in [5.41, 5.74) is 0.278. The maximum atomic E-state index is 12.4. The minimum atomic E-state index is -0.721. The van der Waals surface area contributed by atoms with Crippen LogP contribution in [0, 0.1) is 0 Å². The maximum absolute atomic E-state index is 12.4. The van der Waals surface area contributed by atoms with Crippen molar-refractivity contribution in [3.63, 3.8) is 0 Å². The highest BCUT2D eigenvalue weighted by atomic mass is 32.1. The number of benzene rings is 1. The number of carbonyl (C=O) groups excluding carboxylic acids is 2. The number of hydrogen-bond acceptors (Lipinski definition) is 5. The van der Waals surface area contributed by atoms with Gasteiger partial charge in [-0.1, -0.05) is 55.4 Å². The van der Waals surface area contributed by atoms with Gasteiger partial charge in [-0.05, 0) is 51.0 Å². The van der Waals surface area contributed by atoms with Gasteiger partial charge in [0.05, 0.1) is 0 Å². The molecular formula is C20H29NO4S. The topological polar surface area (TPSA) is 64.6 Å². The van der Waals surface area contributed by atoms with Crippen molar-refractivity contribution in [1.82, 2.24) is 5.32 Å². The molecule has 1 amide bonds. The molecule has 0 aromatic heterocycles. The van der Waals surface area contributed by atoms with Gasteiger partial charge in [-0.25, -0.2) is 9.59 Å². The summed E-state index contributed by atoms with van der Waals surface area (Å²) >= 11 is 4.81. The van der Waals surface area contributed by atoms with E-state index in [1.165, 1.54) is 0 Å². The quantitative estimate of drug-likeness (QED) is 0.366. The fraction of sp³-hybridized carbons (Fsp3) is 0.550. The van der Waals surface area contributed by atoms with E-state index in [0.717, 1.165) is 31.2 Å². The van der Waals surface area contributed by atoms with Crippen molar-refractivity contribution < 1.29 is 19.1 Å². The van der Waals surface area contributed by atoms with Gasteiger partial charge in [0.25, 0.3) is 0 Å². The van der Waals surface area contributed by atoms with Crippen LogP contribution in [-0.2, 0) is 20.9 Å². The minimum absolute atomic E-state index is 0.178. The zero-order valence-electron chi connectivity index (χ0n) is 15.8. The molecule has 1 atom stereocenters. The van der Waals surface area contributed by atoms with Gasteiger partial charge >= 0.3 is 12.1 Å². The van der Waals surface area contributed by atoms with Gasteiger partial charge in [0.2, 0.25) is 0 Å². The molecule has 0 heterocycles. The van der Waals surface area contributed by atoms with Crippen molar-refractivity contribution in [3.05, 3.63) is 35.9 Å². The summed E-state index contributed by atoms with van der Waals surface area (Å²) in [7, 11) is 0. The molecule has 0 saturated heterocycles. The molecule has 1 unspecified atom stereocenters. The maximum Gasteiger partial charge on any atom is 0.408 e. The van der Waals surface area contributed by atoms with Crippen LogP contribution in [0.3, 0.4) is 0 Å². The number of nitrogens with one attached hydrogen (secondary N) is 1. The molecule has 1 aromatic rings. The Labute approximate surface area is 161 Å². The normalized spacial score (nSPS) is 12.1. The number of unbranched alkanes of at least 4 members (excludes halogenated alkanes) is 3. The first-order chi connectivity index (χ1) is 12.3. The number of thiocarbonyl (C=S) groups is 1. The standard InChI is InChI=1S/C20H29NO4S/c1-20(2,3)25-19(23)21-17(13-9-4-5-10-14-26)18(22)24-15-16-11-7-6-8-12-16/h6-8,11-12,14,17H,4-5,9-10,13,15H2,1-3H3,(H,21,23). The Kier molecular flexibility index (Phi) is 9.88. The van der Waals surface area contributed by atoms with E-state index >= 15 is 0 Å². The predicted molar refractivity (Wildman–Crippen MR) is 106 cm³/mol. The highest BCUT2D eigenvalue weighted by molar-refractivity contribution is 7.78. The van der Waals surface area contributed by atoms with Gasteiger partial charge < -0.3 is 14.8 Å². The summed E-state index contributed by atoms with van der Waals surface area (Å²) in [6.45, 7) is 5.51. The monoisotopic (exact) mass is 379 g/mol. The van der Waals surface area contributed by atoms with Gasteiger partial charge in [0.1, 0.15) is 18.2 Å². The molecule has 0 aliphatic carbocycles. The molecule has 6 heteroatoms. The lowest BCUT2D eigenvalue weighted by molar-refractivity contribution is -0.147. The number of alkyl carbamates (subject to hydrolysis) is 1. The van der Waals surface area contributed by atoms with Crippen molar-refractivity contribution in [3.8, 4) is 0 Å². The highest BCUT2D eigenvalue weighted by Gasteiger charge is 2.25. The van der Waals surface area contributed by atoms with Crippen LogP contribution < -0.4 is 5.32 Å². The van der Waals surface area contributed by atoms with Crippen LogP contribution in [0.25, 0.3) is 0 Å². The third-order valence-electron chi connectivity index (χ3n) is 3.51. The van der Waals surface area contributed by atoms with Crippen LogP contribution in [0.15, 0.2) is 30.3 Å². The van der Waals surface area contributed by atoms with Gasteiger partial charge in [-0.15, -0.1) is 0 Å². The molecule has 1 rings (SSSR count). The predicted octanol–water partition coefficient (Wildman–Crippen LogP) is 4.57. The second-order valence-electron chi connectivity index (χ2n) is 7.10. The SMILES string of the molecule is CC(C)(C)OC(=O)NC(CCCCCC=S)C(=O)OCc1ccccc1. The van der Waals surface area contributed by atoms with Crippen molar-refractivity contribution in [2.45, 2.75) is 71.1 Å². The Hall–Kier alpha value is -1.95. The molecular weight excluding hydrogens is 350 g/mol. The number of rotatable bonds is 10. The first-order valence-corrected chi connectivity index (χ1v) is 9.42. The molecule has 0 spiro atoms. The Morgan fingerprint density at radius 3 is 2.46 bits per heavy atom. The molecule has 0 fully saturated rings. The number of esters is 1. The van der Waals surface area contributed by atoms with Crippen molar-refractivity contribution in [2.24, 2.45) is 0 Å². The molecule has 0 aliphatic rings. The van der Waals surface area contributed by atoms with E-state index in [-0.39, 0.29) is 6.61 Å². The smallest absolute Gasteiger partial charge is 0.408 e. The molecule has 26 heavy (non-hydrogen) atoms. The van der Waals surface area contributed by atoms with E-state index in [1.807, 2.05) is 30.3 Å². The molecule has 144 valence electrons. The fourth-order valence-electron chi connectivity index (χ4n) is 2.28. The van der Waals surface area contributed by atoms with E-state index in [9.17, 15) is 9.59 Å². The lowest BCUT2D eigenvalue weighted by Crippen LogP contribution is -2.44. The van der Waals surface area contributed by atoms with Crippen molar-refractivity contribution >= 4 is 29.6 Å². The lowest BCUT2D eigenvalue weighted by atomic mass is 10.1. The van der Waals surface area contributed by atoms with Crippen LogP contribution in [0.4, 0.5) is 4.79 Å². The van der Waals surface area contributed by atoms with Gasteiger partial charge in [-0.2, -0.15) is 0 Å². The minimum Gasteiger partial charge on any atom is -0.459 e. The van der Waals surface area contributed by atoms with Crippen molar-refractivity contribution in [2.75, 3.05) is 0 Å². The number of carbonyl (C=O) groups is 2. The summed E-state index contributed by atoms with van der Waals surface area (Å²) in [5, 5.41) is 4.35. The van der Waals surface area contributed by atoms with Gasteiger partial charge in [-0.3, -0.25) is 0 Å². The second kappa shape index (κ2) is 11.6. The number of ether oxygens (including phenoxy) is 2. The van der Waals surface area contributed by atoms with Crippen LogP contribution in [0.2, 0.25) is 0 Å². The summed E-state index contributed by atoms with van der Waals surface area (Å²) in [6.07, 6.45) is 3.47. The average molecular weight is 380 g/mol. The molecule has 0 bridgehead atoms. The molecule has 0 saturated carbocycles. The zero-order chi connectivity index (χ0) is 19.4. The van der Waals surface area contributed by atoms with Crippen molar-refractivity contribution in [1.29, 1.82) is 0 Å². The van der Waals surface area contributed by atoms with Crippen LogP contribution in [0.1, 0.15) is 58.4 Å². The van der Waals surface area contributed by atoms with E-state index in [1.54, 1.807) is 26.1 Å². The van der Waals surface area contributed by atoms with E-state index in [0.29, 0.717) is 6.42 Å². The third-order valence-corrected chi connectivity index (χ3v) is 3.75. The zero-order valence-corrected chi connectivity index (χ0v) is 16.6. The molecule has 0 radical (unpaired) electrons. The van der Waals surface area contributed by atoms with E-state index < -0.39 is 23.7 Å². The van der Waals surface area contributed by atoms with Gasteiger partial charge in [0.15, 0.2) is 0 Å².